The third-order valence-electron chi connectivity index (χ3n) is 6.12. The molecule has 0 spiro atoms. The largest absolute Gasteiger partial charge is 0.313 e. The van der Waals surface area contributed by atoms with E-state index in [1.165, 1.54) is 23.1 Å². The lowest BCUT2D eigenvalue weighted by molar-refractivity contribution is 0.102. The fourth-order valence-electron chi connectivity index (χ4n) is 4.11. The number of amides is 1. The van der Waals surface area contributed by atoms with Gasteiger partial charge in [-0.1, -0.05) is 31.2 Å². The molecule has 1 amide bonds. The van der Waals surface area contributed by atoms with Crippen molar-refractivity contribution >= 4 is 11.9 Å². The van der Waals surface area contributed by atoms with E-state index in [-0.39, 0.29) is 5.91 Å². The van der Waals surface area contributed by atoms with Crippen molar-refractivity contribution in [3.05, 3.63) is 70.9 Å². The molecule has 30 heavy (non-hydrogen) atoms. The summed E-state index contributed by atoms with van der Waals surface area (Å²) in [5.41, 5.74) is 6.41. The molecule has 0 saturated carbocycles. The number of rotatable bonds is 5. The molecule has 5 nitrogen and oxygen atoms in total. The number of benzene rings is 2. The van der Waals surface area contributed by atoms with Crippen LogP contribution in [-0.2, 0) is 13.6 Å². The first-order valence-corrected chi connectivity index (χ1v) is 10.6. The lowest BCUT2D eigenvalue weighted by Gasteiger charge is -2.15. The molecule has 1 aliphatic rings. The average molecular weight is 403 g/mol. The molecule has 1 atom stereocenters. The van der Waals surface area contributed by atoms with E-state index < -0.39 is 0 Å². The van der Waals surface area contributed by atoms with Gasteiger partial charge in [0.15, 0.2) is 0 Å². The molecule has 1 fully saturated rings. The number of hydrogen-bond acceptors (Lipinski definition) is 3. The van der Waals surface area contributed by atoms with Gasteiger partial charge < -0.3 is 4.57 Å². The zero-order valence-electron chi connectivity index (χ0n) is 18.3. The fraction of sp³-hybridized carbons (Fsp3) is 0.360. The molecule has 2 heterocycles. The minimum atomic E-state index is -0.132. The zero-order valence-corrected chi connectivity index (χ0v) is 18.3. The SMILES string of the molecule is Cc1ccc(-c2cnc(NC(=O)c3cccc(CN4CC[C@H](C)C4)c3)n2C)cc1C. The van der Waals surface area contributed by atoms with Gasteiger partial charge in [0.2, 0.25) is 5.95 Å². The van der Waals surface area contributed by atoms with E-state index in [9.17, 15) is 4.79 Å². The van der Waals surface area contributed by atoms with Gasteiger partial charge in [-0.25, -0.2) is 4.98 Å². The van der Waals surface area contributed by atoms with Crippen LogP contribution in [0.4, 0.5) is 5.95 Å². The summed E-state index contributed by atoms with van der Waals surface area (Å²) in [6.07, 6.45) is 3.06. The predicted molar refractivity (Wildman–Crippen MR) is 122 cm³/mol. The van der Waals surface area contributed by atoms with Crippen LogP contribution in [0.3, 0.4) is 0 Å². The number of imidazole rings is 1. The van der Waals surface area contributed by atoms with Gasteiger partial charge in [-0.3, -0.25) is 15.0 Å². The van der Waals surface area contributed by atoms with Crippen LogP contribution in [0.25, 0.3) is 11.3 Å². The number of likely N-dealkylation sites (tertiary alicyclic amines) is 1. The van der Waals surface area contributed by atoms with E-state index in [1.54, 1.807) is 0 Å². The number of anilines is 1. The minimum absolute atomic E-state index is 0.132. The Balaban J connectivity index is 1.48. The number of carbonyl (C=O) groups is 1. The van der Waals surface area contributed by atoms with E-state index in [0.29, 0.717) is 11.5 Å². The van der Waals surface area contributed by atoms with E-state index in [1.807, 2.05) is 36.0 Å². The van der Waals surface area contributed by atoms with Crippen molar-refractivity contribution in [3.8, 4) is 11.3 Å². The highest BCUT2D eigenvalue weighted by atomic mass is 16.1. The van der Waals surface area contributed by atoms with Crippen molar-refractivity contribution in [1.29, 1.82) is 0 Å². The van der Waals surface area contributed by atoms with Crippen LogP contribution in [0, 0.1) is 19.8 Å². The monoisotopic (exact) mass is 402 g/mol. The first-order valence-electron chi connectivity index (χ1n) is 10.6. The number of carbonyl (C=O) groups excluding carboxylic acids is 1. The van der Waals surface area contributed by atoms with E-state index in [4.69, 9.17) is 0 Å². The molecule has 4 rings (SSSR count). The summed E-state index contributed by atoms with van der Waals surface area (Å²) in [5.74, 6) is 1.17. The zero-order chi connectivity index (χ0) is 21.3. The summed E-state index contributed by atoms with van der Waals surface area (Å²) in [4.78, 5) is 19.8. The van der Waals surface area contributed by atoms with Crippen molar-refractivity contribution in [3.63, 3.8) is 0 Å². The van der Waals surface area contributed by atoms with E-state index in [0.717, 1.165) is 36.8 Å². The molecule has 0 aliphatic carbocycles. The maximum atomic E-state index is 12.9. The first-order chi connectivity index (χ1) is 14.4. The van der Waals surface area contributed by atoms with Crippen LogP contribution >= 0.6 is 0 Å². The van der Waals surface area contributed by atoms with Crippen molar-refractivity contribution < 1.29 is 4.79 Å². The topological polar surface area (TPSA) is 50.2 Å². The number of aryl methyl sites for hydroxylation is 2. The summed E-state index contributed by atoms with van der Waals surface area (Å²) in [7, 11) is 1.93. The number of hydrogen-bond donors (Lipinski definition) is 1. The maximum Gasteiger partial charge on any atom is 0.257 e. The second-order valence-corrected chi connectivity index (χ2v) is 8.61. The van der Waals surface area contributed by atoms with Gasteiger partial charge in [0.25, 0.3) is 5.91 Å². The molecule has 3 aromatic rings. The van der Waals surface area contributed by atoms with Gasteiger partial charge in [-0.15, -0.1) is 0 Å². The van der Waals surface area contributed by atoms with Crippen molar-refractivity contribution in [2.75, 3.05) is 18.4 Å². The molecule has 156 valence electrons. The Bertz CT molecular complexity index is 1070. The number of nitrogens with zero attached hydrogens (tertiary/aromatic N) is 3. The first kappa shape index (κ1) is 20.4. The standard InChI is InChI=1S/C25H30N4O/c1-17-10-11-29(15-17)16-20-6-5-7-22(13-20)24(30)27-25-26-14-23(28(25)4)21-9-8-18(2)19(3)12-21/h5-9,12-14,17H,10-11,15-16H2,1-4H3,(H,26,27,30)/t17-/m0/s1. The minimum Gasteiger partial charge on any atom is -0.313 e. The van der Waals surface area contributed by atoms with Crippen molar-refractivity contribution in [2.24, 2.45) is 13.0 Å². The summed E-state index contributed by atoms with van der Waals surface area (Å²) >= 11 is 0. The Morgan fingerprint density at radius 3 is 2.73 bits per heavy atom. The van der Waals surface area contributed by atoms with Crippen molar-refractivity contribution in [1.82, 2.24) is 14.5 Å². The quantitative estimate of drug-likeness (QED) is 0.667. The highest BCUT2D eigenvalue weighted by molar-refractivity contribution is 6.03. The lowest BCUT2D eigenvalue weighted by atomic mass is 10.0. The van der Waals surface area contributed by atoms with Gasteiger partial charge in [-0.2, -0.15) is 0 Å². The second-order valence-electron chi connectivity index (χ2n) is 8.61. The number of aromatic nitrogens is 2. The third-order valence-corrected chi connectivity index (χ3v) is 6.12. The van der Waals surface area contributed by atoms with Crippen LogP contribution < -0.4 is 5.32 Å². The molecule has 1 N–H and O–H groups in total. The molecular weight excluding hydrogens is 372 g/mol. The molecule has 5 heteroatoms. The van der Waals surface area contributed by atoms with Gasteiger partial charge >= 0.3 is 0 Å². The van der Waals surface area contributed by atoms with Gasteiger partial charge in [-0.05, 0) is 67.6 Å². The van der Waals surface area contributed by atoms with Crippen LogP contribution in [-0.4, -0.2) is 33.4 Å². The summed E-state index contributed by atoms with van der Waals surface area (Å²) < 4.78 is 1.93. The molecular formula is C25H30N4O. The summed E-state index contributed by atoms with van der Waals surface area (Å²) in [6, 6.07) is 14.3. The Hall–Kier alpha value is -2.92. The Kier molecular flexibility index (Phi) is 5.73. The van der Waals surface area contributed by atoms with Gasteiger partial charge in [0.05, 0.1) is 11.9 Å². The molecule has 0 unspecified atom stereocenters. The van der Waals surface area contributed by atoms with E-state index in [2.05, 4.69) is 60.2 Å². The van der Waals surface area contributed by atoms with Gasteiger partial charge in [0, 0.05) is 31.3 Å². The van der Waals surface area contributed by atoms with Crippen LogP contribution in [0.5, 0.6) is 0 Å². The normalized spacial score (nSPS) is 16.7. The lowest BCUT2D eigenvalue weighted by Crippen LogP contribution is -2.20. The maximum absolute atomic E-state index is 12.9. The summed E-state index contributed by atoms with van der Waals surface area (Å²) in [5, 5.41) is 2.97. The molecule has 0 radical (unpaired) electrons. The fourth-order valence-corrected chi connectivity index (χ4v) is 4.11. The summed E-state index contributed by atoms with van der Waals surface area (Å²) in [6.45, 7) is 9.66. The smallest absolute Gasteiger partial charge is 0.257 e. The average Bonchev–Trinajstić information content (AvgIpc) is 3.30. The number of nitrogens with one attached hydrogen (secondary N) is 1. The second kappa shape index (κ2) is 8.44. The molecule has 1 aliphatic heterocycles. The van der Waals surface area contributed by atoms with Gasteiger partial charge in [0.1, 0.15) is 0 Å². The third kappa shape index (κ3) is 4.31. The van der Waals surface area contributed by atoms with Crippen LogP contribution in [0.15, 0.2) is 48.7 Å². The highest BCUT2D eigenvalue weighted by Gasteiger charge is 2.19. The molecule has 0 bridgehead atoms. The van der Waals surface area contributed by atoms with Crippen LogP contribution in [0.1, 0.15) is 40.4 Å². The predicted octanol–water partition coefficient (Wildman–Crippen LogP) is 4.80. The molecule has 2 aromatic carbocycles. The Morgan fingerprint density at radius 1 is 1.17 bits per heavy atom. The highest BCUT2D eigenvalue weighted by Crippen LogP contribution is 2.24. The Labute approximate surface area is 178 Å². The van der Waals surface area contributed by atoms with Crippen LogP contribution in [0.2, 0.25) is 0 Å². The molecule has 1 aromatic heterocycles. The molecule has 1 saturated heterocycles. The van der Waals surface area contributed by atoms with E-state index >= 15 is 0 Å². The Morgan fingerprint density at radius 2 is 2.00 bits per heavy atom. The van der Waals surface area contributed by atoms with Crippen molar-refractivity contribution in [2.45, 2.75) is 33.7 Å².